The average Bonchev–Trinajstić information content (AvgIpc) is 2.54. The molecule has 0 radical (unpaired) electrons. The fourth-order valence-electron chi connectivity index (χ4n) is 1.52. The van der Waals surface area contributed by atoms with Crippen molar-refractivity contribution in [1.82, 2.24) is 4.90 Å². The second-order valence-electron chi connectivity index (χ2n) is 3.44. The zero-order chi connectivity index (χ0) is 10.8. The van der Waals surface area contributed by atoms with E-state index in [-0.39, 0.29) is 10.7 Å². The summed E-state index contributed by atoms with van der Waals surface area (Å²) in [6, 6.07) is 0. The van der Waals surface area contributed by atoms with E-state index in [1.165, 1.54) is 4.90 Å². The summed E-state index contributed by atoms with van der Waals surface area (Å²) in [6.45, 7) is -0.876. The molecule has 82 valence electrons. The molecule has 6 heteroatoms. The summed E-state index contributed by atoms with van der Waals surface area (Å²) in [7, 11) is 0. The van der Waals surface area contributed by atoms with Crippen LogP contribution in [0.25, 0.3) is 0 Å². The van der Waals surface area contributed by atoms with E-state index in [4.69, 9.17) is 15.3 Å². The van der Waals surface area contributed by atoms with Crippen LogP contribution in [0, 0.1) is 0 Å². The number of nitrogens with zero attached hydrogens (tertiary/aromatic N) is 1. The standard InChI is InChI=1S/C8H14BrNO4/c9-6-1-2-10(7(6)14)8(3-11,4-12)5-13/h6,11-13H,1-5H2. The summed E-state index contributed by atoms with van der Waals surface area (Å²) in [5, 5.41) is 27.3. The van der Waals surface area contributed by atoms with Crippen LogP contribution in [-0.4, -0.2) is 62.9 Å². The molecule has 1 saturated heterocycles. The number of likely N-dealkylation sites (tertiary alicyclic amines) is 1. The molecule has 1 fully saturated rings. The molecule has 14 heavy (non-hydrogen) atoms. The molecule has 0 aromatic rings. The van der Waals surface area contributed by atoms with Gasteiger partial charge in [0, 0.05) is 6.54 Å². The highest BCUT2D eigenvalue weighted by Gasteiger charge is 2.43. The summed E-state index contributed by atoms with van der Waals surface area (Å²) in [6.07, 6.45) is 0.626. The summed E-state index contributed by atoms with van der Waals surface area (Å²) in [4.78, 5) is 12.6. The Morgan fingerprint density at radius 2 is 1.86 bits per heavy atom. The van der Waals surface area contributed by atoms with Gasteiger partial charge in [0.15, 0.2) is 0 Å². The van der Waals surface area contributed by atoms with E-state index in [9.17, 15) is 4.79 Å². The van der Waals surface area contributed by atoms with Crippen molar-refractivity contribution < 1.29 is 20.1 Å². The molecule has 0 spiro atoms. The van der Waals surface area contributed by atoms with Crippen LogP contribution in [0.5, 0.6) is 0 Å². The Hall–Kier alpha value is -0.170. The zero-order valence-electron chi connectivity index (χ0n) is 7.69. The lowest BCUT2D eigenvalue weighted by atomic mass is 10.0. The second-order valence-corrected chi connectivity index (χ2v) is 4.55. The van der Waals surface area contributed by atoms with Gasteiger partial charge in [0.25, 0.3) is 0 Å². The number of aliphatic hydroxyl groups excluding tert-OH is 3. The Balaban J connectivity index is 2.84. The lowest BCUT2D eigenvalue weighted by molar-refractivity contribution is -0.139. The van der Waals surface area contributed by atoms with Gasteiger partial charge in [-0.15, -0.1) is 0 Å². The lowest BCUT2D eigenvalue weighted by Gasteiger charge is -2.37. The normalized spacial score (nSPS) is 23.3. The molecule has 1 unspecified atom stereocenters. The number of halogens is 1. The number of amides is 1. The minimum Gasteiger partial charge on any atom is -0.394 e. The number of hydrogen-bond donors (Lipinski definition) is 3. The van der Waals surface area contributed by atoms with E-state index in [1.807, 2.05) is 0 Å². The summed E-state index contributed by atoms with van der Waals surface area (Å²) < 4.78 is 0. The molecular formula is C8H14BrNO4. The smallest absolute Gasteiger partial charge is 0.237 e. The van der Waals surface area contributed by atoms with Gasteiger partial charge in [-0.3, -0.25) is 4.79 Å². The van der Waals surface area contributed by atoms with E-state index in [1.54, 1.807) is 0 Å². The molecule has 1 amide bonds. The number of aliphatic hydroxyl groups is 3. The number of hydrogen-bond acceptors (Lipinski definition) is 4. The minimum absolute atomic E-state index is 0.192. The highest BCUT2D eigenvalue weighted by Crippen LogP contribution is 2.26. The van der Waals surface area contributed by atoms with Gasteiger partial charge in [0.2, 0.25) is 5.91 Å². The van der Waals surface area contributed by atoms with Gasteiger partial charge in [0.05, 0.1) is 24.6 Å². The average molecular weight is 268 g/mol. The van der Waals surface area contributed by atoms with Crippen molar-refractivity contribution in [1.29, 1.82) is 0 Å². The first-order valence-corrected chi connectivity index (χ1v) is 5.31. The van der Waals surface area contributed by atoms with Crippen molar-refractivity contribution in [3.63, 3.8) is 0 Å². The molecule has 0 aromatic heterocycles. The Labute approximate surface area is 90.5 Å². The summed E-state index contributed by atoms with van der Waals surface area (Å²) in [5.74, 6) is -0.192. The number of carbonyl (C=O) groups is 1. The van der Waals surface area contributed by atoms with Gasteiger partial charge in [-0.05, 0) is 6.42 Å². The van der Waals surface area contributed by atoms with Crippen LogP contribution in [-0.2, 0) is 4.79 Å². The maximum Gasteiger partial charge on any atom is 0.237 e. The van der Waals surface area contributed by atoms with Gasteiger partial charge in [-0.1, -0.05) is 15.9 Å². The maximum atomic E-state index is 11.6. The first kappa shape index (κ1) is 11.9. The third-order valence-corrected chi connectivity index (χ3v) is 3.45. The number of rotatable bonds is 4. The van der Waals surface area contributed by atoms with Crippen LogP contribution in [0.3, 0.4) is 0 Å². The Bertz CT molecular complexity index is 211. The van der Waals surface area contributed by atoms with Gasteiger partial charge in [0.1, 0.15) is 5.54 Å². The first-order valence-electron chi connectivity index (χ1n) is 4.39. The van der Waals surface area contributed by atoms with Gasteiger partial charge >= 0.3 is 0 Å². The van der Waals surface area contributed by atoms with Gasteiger partial charge < -0.3 is 20.2 Å². The van der Waals surface area contributed by atoms with Crippen LogP contribution in [0.4, 0.5) is 0 Å². The number of carbonyl (C=O) groups excluding carboxylic acids is 1. The van der Waals surface area contributed by atoms with E-state index in [0.29, 0.717) is 13.0 Å². The predicted octanol–water partition coefficient (Wildman–Crippen LogP) is -1.30. The molecule has 0 bridgehead atoms. The quantitative estimate of drug-likeness (QED) is 0.553. The molecule has 1 rings (SSSR count). The molecule has 0 saturated carbocycles. The molecule has 1 aliphatic heterocycles. The highest BCUT2D eigenvalue weighted by molar-refractivity contribution is 9.10. The van der Waals surface area contributed by atoms with Gasteiger partial charge in [-0.2, -0.15) is 0 Å². The molecule has 1 atom stereocenters. The third-order valence-electron chi connectivity index (χ3n) is 2.60. The summed E-state index contributed by atoms with van der Waals surface area (Å²) >= 11 is 3.19. The topological polar surface area (TPSA) is 81.0 Å². The molecule has 3 N–H and O–H groups in total. The fraction of sp³-hybridized carbons (Fsp3) is 0.875. The van der Waals surface area contributed by atoms with Crippen molar-refractivity contribution in [2.45, 2.75) is 16.8 Å². The lowest BCUT2D eigenvalue weighted by Crippen LogP contribution is -2.58. The van der Waals surface area contributed by atoms with Crippen molar-refractivity contribution in [2.24, 2.45) is 0 Å². The van der Waals surface area contributed by atoms with E-state index < -0.39 is 25.4 Å². The molecular weight excluding hydrogens is 254 g/mol. The predicted molar refractivity (Wildman–Crippen MR) is 53.0 cm³/mol. The van der Waals surface area contributed by atoms with E-state index in [2.05, 4.69) is 15.9 Å². The SMILES string of the molecule is O=C1C(Br)CCN1C(CO)(CO)CO. The summed E-state index contributed by atoms with van der Waals surface area (Å²) in [5.41, 5.74) is -1.22. The van der Waals surface area contributed by atoms with Crippen LogP contribution < -0.4 is 0 Å². The van der Waals surface area contributed by atoms with Crippen LogP contribution in [0.2, 0.25) is 0 Å². The first-order chi connectivity index (χ1) is 6.61. The van der Waals surface area contributed by atoms with Crippen LogP contribution in [0.1, 0.15) is 6.42 Å². The maximum absolute atomic E-state index is 11.6. The fourth-order valence-corrected chi connectivity index (χ4v) is 1.97. The zero-order valence-corrected chi connectivity index (χ0v) is 9.27. The van der Waals surface area contributed by atoms with Gasteiger partial charge in [-0.25, -0.2) is 0 Å². The molecule has 1 heterocycles. The third kappa shape index (κ3) is 1.79. The second kappa shape index (κ2) is 4.57. The molecule has 5 nitrogen and oxygen atoms in total. The Morgan fingerprint density at radius 3 is 2.14 bits per heavy atom. The van der Waals surface area contributed by atoms with Crippen LogP contribution >= 0.6 is 15.9 Å². The monoisotopic (exact) mass is 267 g/mol. The van der Waals surface area contributed by atoms with Crippen LogP contribution in [0.15, 0.2) is 0 Å². The van der Waals surface area contributed by atoms with Crippen molar-refractivity contribution in [3.8, 4) is 0 Å². The molecule has 1 aliphatic rings. The van der Waals surface area contributed by atoms with Crippen molar-refractivity contribution in [2.75, 3.05) is 26.4 Å². The van der Waals surface area contributed by atoms with Crippen molar-refractivity contribution >= 4 is 21.8 Å². The molecule has 0 aliphatic carbocycles. The minimum atomic E-state index is -1.22. The van der Waals surface area contributed by atoms with E-state index >= 15 is 0 Å². The van der Waals surface area contributed by atoms with Crippen molar-refractivity contribution in [3.05, 3.63) is 0 Å². The Morgan fingerprint density at radius 1 is 1.36 bits per heavy atom. The Kier molecular flexibility index (Phi) is 3.88. The largest absolute Gasteiger partial charge is 0.394 e. The van der Waals surface area contributed by atoms with E-state index in [0.717, 1.165) is 0 Å². The number of alkyl halides is 1. The highest BCUT2D eigenvalue weighted by atomic mass is 79.9. The molecule has 0 aromatic carbocycles.